The minimum atomic E-state index is -0.487. The van der Waals surface area contributed by atoms with E-state index in [4.69, 9.17) is 5.73 Å². The molecule has 14 heavy (non-hydrogen) atoms. The van der Waals surface area contributed by atoms with Crippen molar-refractivity contribution < 1.29 is 4.39 Å². The van der Waals surface area contributed by atoms with Gasteiger partial charge in [-0.2, -0.15) is 0 Å². The summed E-state index contributed by atoms with van der Waals surface area (Å²) in [4.78, 5) is 7.51. The lowest BCUT2D eigenvalue weighted by atomic mass is 10.1. The van der Waals surface area contributed by atoms with Crippen LogP contribution >= 0.6 is 0 Å². The summed E-state index contributed by atoms with van der Waals surface area (Å²) in [5.41, 5.74) is 6.54. The Balaban J connectivity index is 2.58. The van der Waals surface area contributed by atoms with Gasteiger partial charge in [0, 0.05) is 24.2 Å². The second kappa shape index (κ2) is 3.41. The van der Waals surface area contributed by atoms with Gasteiger partial charge in [0.05, 0.1) is 0 Å². The molecule has 2 heterocycles. The topological polar surface area (TPSA) is 51.8 Å². The molecule has 3 nitrogen and oxygen atoms in total. The average Bonchev–Trinajstić information content (AvgIpc) is 2.23. The SMILES string of the molecule is Nc1nccc(-c2ccncc2)c1F. The van der Waals surface area contributed by atoms with Crippen LogP contribution in [-0.4, -0.2) is 9.97 Å². The molecule has 0 aliphatic heterocycles. The Kier molecular flexibility index (Phi) is 2.10. The predicted molar refractivity (Wildman–Crippen MR) is 51.8 cm³/mol. The fourth-order valence-corrected chi connectivity index (χ4v) is 1.21. The zero-order chi connectivity index (χ0) is 9.97. The molecular formula is C10H8FN3. The van der Waals surface area contributed by atoms with Crippen LogP contribution in [0.3, 0.4) is 0 Å². The molecular weight excluding hydrogens is 181 g/mol. The summed E-state index contributed by atoms with van der Waals surface area (Å²) in [6.45, 7) is 0. The van der Waals surface area contributed by atoms with Gasteiger partial charge in [-0.3, -0.25) is 4.98 Å². The van der Waals surface area contributed by atoms with Gasteiger partial charge in [0.15, 0.2) is 11.6 Å². The zero-order valence-corrected chi connectivity index (χ0v) is 7.31. The van der Waals surface area contributed by atoms with E-state index >= 15 is 0 Å². The molecule has 2 N–H and O–H groups in total. The van der Waals surface area contributed by atoms with Crippen molar-refractivity contribution in [3.8, 4) is 11.1 Å². The number of halogens is 1. The van der Waals surface area contributed by atoms with Gasteiger partial charge in [0.25, 0.3) is 0 Å². The van der Waals surface area contributed by atoms with Crippen molar-refractivity contribution in [3.63, 3.8) is 0 Å². The van der Waals surface area contributed by atoms with E-state index in [1.165, 1.54) is 6.20 Å². The molecule has 70 valence electrons. The quantitative estimate of drug-likeness (QED) is 0.744. The number of hydrogen-bond donors (Lipinski definition) is 1. The van der Waals surface area contributed by atoms with Crippen LogP contribution in [-0.2, 0) is 0 Å². The smallest absolute Gasteiger partial charge is 0.173 e. The summed E-state index contributed by atoms with van der Waals surface area (Å²) < 4.78 is 13.5. The fourth-order valence-electron chi connectivity index (χ4n) is 1.21. The Morgan fingerprint density at radius 2 is 1.79 bits per heavy atom. The normalized spacial score (nSPS) is 10.1. The van der Waals surface area contributed by atoms with Gasteiger partial charge < -0.3 is 5.73 Å². The highest BCUT2D eigenvalue weighted by molar-refractivity contribution is 5.66. The molecule has 0 aliphatic rings. The average molecular weight is 189 g/mol. The number of nitrogens with zero attached hydrogens (tertiary/aromatic N) is 2. The van der Waals surface area contributed by atoms with Gasteiger partial charge in [0.2, 0.25) is 0 Å². The first-order valence-electron chi connectivity index (χ1n) is 4.09. The van der Waals surface area contributed by atoms with Crippen LogP contribution < -0.4 is 5.73 Å². The summed E-state index contributed by atoms with van der Waals surface area (Å²) in [7, 11) is 0. The lowest BCUT2D eigenvalue weighted by Crippen LogP contribution is -1.96. The molecule has 0 saturated heterocycles. The van der Waals surface area contributed by atoms with E-state index in [-0.39, 0.29) is 5.82 Å². The highest BCUT2D eigenvalue weighted by Crippen LogP contribution is 2.23. The van der Waals surface area contributed by atoms with Gasteiger partial charge in [-0.15, -0.1) is 0 Å². The van der Waals surface area contributed by atoms with Crippen molar-refractivity contribution in [3.05, 3.63) is 42.6 Å². The minimum Gasteiger partial charge on any atom is -0.381 e. The molecule has 0 radical (unpaired) electrons. The number of pyridine rings is 2. The molecule has 2 rings (SSSR count). The molecule has 2 aromatic heterocycles. The van der Waals surface area contributed by atoms with Crippen LogP contribution in [0.5, 0.6) is 0 Å². The summed E-state index contributed by atoms with van der Waals surface area (Å²) in [6.07, 6.45) is 4.69. The van der Waals surface area contributed by atoms with Crippen LogP contribution in [0.25, 0.3) is 11.1 Å². The minimum absolute atomic E-state index is 0.0840. The Morgan fingerprint density at radius 1 is 1.07 bits per heavy atom. The lowest BCUT2D eigenvalue weighted by Gasteiger charge is -2.03. The van der Waals surface area contributed by atoms with Gasteiger partial charge in [0.1, 0.15) is 0 Å². The molecule has 0 unspecified atom stereocenters. The first-order valence-corrected chi connectivity index (χ1v) is 4.09. The summed E-state index contributed by atoms with van der Waals surface area (Å²) in [5, 5.41) is 0. The predicted octanol–water partition coefficient (Wildman–Crippen LogP) is 1.86. The van der Waals surface area contributed by atoms with Gasteiger partial charge >= 0.3 is 0 Å². The van der Waals surface area contributed by atoms with Crippen LogP contribution in [0.1, 0.15) is 0 Å². The number of aromatic nitrogens is 2. The molecule has 0 fully saturated rings. The monoisotopic (exact) mass is 189 g/mol. The van der Waals surface area contributed by atoms with E-state index < -0.39 is 5.82 Å². The molecule has 2 aromatic rings. The van der Waals surface area contributed by atoms with Crippen molar-refractivity contribution in [2.75, 3.05) is 5.73 Å². The molecule has 0 aliphatic carbocycles. The van der Waals surface area contributed by atoms with Gasteiger partial charge in [-0.1, -0.05) is 0 Å². The molecule has 0 atom stereocenters. The molecule has 0 saturated carbocycles. The third kappa shape index (κ3) is 1.42. The molecule has 4 heteroatoms. The van der Waals surface area contributed by atoms with Crippen molar-refractivity contribution >= 4 is 5.82 Å². The first-order chi connectivity index (χ1) is 6.79. The number of anilines is 1. The molecule has 0 aromatic carbocycles. The fraction of sp³-hybridized carbons (Fsp3) is 0. The van der Waals surface area contributed by atoms with Gasteiger partial charge in [-0.25, -0.2) is 9.37 Å². The second-order valence-electron chi connectivity index (χ2n) is 2.79. The highest BCUT2D eigenvalue weighted by atomic mass is 19.1. The van der Waals surface area contributed by atoms with Crippen molar-refractivity contribution in [2.45, 2.75) is 0 Å². The van der Waals surface area contributed by atoms with E-state index in [9.17, 15) is 4.39 Å². The van der Waals surface area contributed by atoms with Crippen LogP contribution in [0, 0.1) is 5.82 Å². The summed E-state index contributed by atoms with van der Waals surface area (Å²) >= 11 is 0. The van der Waals surface area contributed by atoms with E-state index in [2.05, 4.69) is 9.97 Å². The summed E-state index contributed by atoms with van der Waals surface area (Å²) in [6, 6.07) is 5.02. The highest BCUT2D eigenvalue weighted by Gasteiger charge is 2.07. The van der Waals surface area contributed by atoms with Crippen molar-refractivity contribution in [1.82, 2.24) is 9.97 Å². The maximum atomic E-state index is 13.5. The third-order valence-electron chi connectivity index (χ3n) is 1.91. The Morgan fingerprint density at radius 3 is 2.50 bits per heavy atom. The molecule has 0 bridgehead atoms. The van der Waals surface area contributed by atoms with Gasteiger partial charge in [-0.05, 0) is 23.8 Å². The third-order valence-corrected chi connectivity index (χ3v) is 1.91. The lowest BCUT2D eigenvalue weighted by molar-refractivity contribution is 0.631. The number of hydrogen-bond acceptors (Lipinski definition) is 3. The number of rotatable bonds is 1. The van der Waals surface area contributed by atoms with Crippen molar-refractivity contribution in [1.29, 1.82) is 0 Å². The number of nitrogens with two attached hydrogens (primary N) is 1. The van der Waals surface area contributed by atoms with E-state index in [1.807, 2.05) is 0 Å². The first kappa shape index (κ1) is 8.62. The van der Waals surface area contributed by atoms with Crippen LogP contribution in [0.2, 0.25) is 0 Å². The Hall–Kier alpha value is -1.97. The largest absolute Gasteiger partial charge is 0.381 e. The van der Waals surface area contributed by atoms with Crippen molar-refractivity contribution in [2.24, 2.45) is 0 Å². The van der Waals surface area contributed by atoms with Crippen LogP contribution in [0.15, 0.2) is 36.8 Å². The van der Waals surface area contributed by atoms with Crippen LogP contribution in [0.4, 0.5) is 10.2 Å². The summed E-state index contributed by atoms with van der Waals surface area (Å²) in [5.74, 6) is -0.571. The van der Waals surface area contributed by atoms with E-state index in [1.54, 1.807) is 30.6 Å². The maximum absolute atomic E-state index is 13.5. The second-order valence-corrected chi connectivity index (χ2v) is 2.79. The standard InChI is InChI=1S/C10H8FN3/c11-9-8(3-6-14-10(9)12)7-1-4-13-5-2-7/h1-6H,(H2,12,14). The zero-order valence-electron chi connectivity index (χ0n) is 7.31. The van der Waals surface area contributed by atoms with E-state index in [0.29, 0.717) is 5.56 Å². The van der Waals surface area contributed by atoms with E-state index in [0.717, 1.165) is 5.56 Å². The number of nitrogen functional groups attached to an aromatic ring is 1. The Labute approximate surface area is 80.4 Å². The maximum Gasteiger partial charge on any atom is 0.173 e. The molecule has 0 amide bonds. The Bertz CT molecular complexity index is 442. The molecule has 0 spiro atoms.